The summed E-state index contributed by atoms with van der Waals surface area (Å²) in [6.07, 6.45) is 1.29. The van der Waals surface area contributed by atoms with Gasteiger partial charge >= 0.3 is 0 Å². The van der Waals surface area contributed by atoms with Crippen molar-refractivity contribution in [2.24, 2.45) is 5.41 Å². The second-order valence-corrected chi connectivity index (χ2v) is 10.7. The average molecular weight is 445 g/mol. The molecule has 0 radical (unpaired) electrons. The molecule has 31 heavy (non-hydrogen) atoms. The monoisotopic (exact) mass is 444 g/mol. The highest BCUT2D eigenvalue weighted by molar-refractivity contribution is 7.89. The molecule has 1 atom stereocenters. The van der Waals surface area contributed by atoms with Gasteiger partial charge in [-0.05, 0) is 61.1 Å². The van der Waals surface area contributed by atoms with Crippen molar-refractivity contribution in [3.05, 3.63) is 59.7 Å². The van der Waals surface area contributed by atoms with Crippen LogP contribution in [0.1, 0.15) is 50.7 Å². The first-order valence-electron chi connectivity index (χ1n) is 10.7. The van der Waals surface area contributed by atoms with Crippen LogP contribution >= 0.6 is 0 Å². The Morgan fingerprint density at radius 2 is 1.90 bits per heavy atom. The number of piperidine rings is 1. The van der Waals surface area contributed by atoms with E-state index in [2.05, 4.69) is 19.2 Å². The molecule has 7 heteroatoms. The summed E-state index contributed by atoms with van der Waals surface area (Å²) in [4.78, 5) is 13.3. The van der Waals surface area contributed by atoms with E-state index in [9.17, 15) is 13.2 Å². The third-order valence-electron chi connectivity index (χ3n) is 5.98. The van der Waals surface area contributed by atoms with Gasteiger partial charge in [0.1, 0.15) is 5.75 Å². The predicted molar refractivity (Wildman–Crippen MR) is 121 cm³/mol. The van der Waals surface area contributed by atoms with Crippen molar-refractivity contribution in [3.8, 4) is 5.75 Å². The molecule has 1 aliphatic heterocycles. The van der Waals surface area contributed by atoms with Crippen molar-refractivity contribution in [2.75, 3.05) is 20.2 Å². The van der Waals surface area contributed by atoms with Crippen LogP contribution < -0.4 is 10.1 Å². The number of benzene rings is 2. The van der Waals surface area contributed by atoms with E-state index in [0.29, 0.717) is 31.8 Å². The Morgan fingerprint density at radius 1 is 1.19 bits per heavy atom. The van der Waals surface area contributed by atoms with Crippen molar-refractivity contribution >= 4 is 15.9 Å². The minimum absolute atomic E-state index is 0.134. The highest BCUT2D eigenvalue weighted by atomic mass is 32.2. The Bertz CT molecular complexity index is 1020. The predicted octanol–water partition coefficient (Wildman–Crippen LogP) is 3.93. The van der Waals surface area contributed by atoms with Gasteiger partial charge in [-0.2, -0.15) is 4.31 Å². The van der Waals surface area contributed by atoms with Crippen LogP contribution in [0, 0.1) is 5.41 Å². The van der Waals surface area contributed by atoms with Crippen LogP contribution in [0.3, 0.4) is 0 Å². The number of rotatable bonds is 7. The van der Waals surface area contributed by atoms with E-state index < -0.39 is 15.4 Å². The Hall–Kier alpha value is -2.38. The zero-order chi connectivity index (χ0) is 22.6. The van der Waals surface area contributed by atoms with Gasteiger partial charge in [-0.25, -0.2) is 8.42 Å². The first-order valence-corrected chi connectivity index (χ1v) is 12.1. The van der Waals surface area contributed by atoms with Crippen molar-refractivity contribution in [1.82, 2.24) is 9.62 Å². The molecular weight excluding hydrogens is 412 g/mol. The summed E-state index contributed by atoms with van der Waals surface area (Å²) >= 11 is 0. The molecule has 2 aromatic carbocycles. The lowest BCUT2D eigenvalue weighted by Crippen LogP contribution is -2.51. The highest BCUT2D eigenvalue weighted by Crippen LogP contribution is 2.33. The van der Waals surface area contributed by atoms with Crippen LogP contribution in [0.2, 0.25) is 0 Å². The number of methoxy groups -OCH3 is 1. The summed E-state index contributed by atoms with van der Waals surface area (Å²) in [5.41, 5.74) is 1.25. The maximum Gasteiger partial charge on any atom is 0.243 e. The number of nitrogens with one attached hydrogen (secondary N) is 1. The normalized spacial score (nSPS) is 19.9. The molecule has 0 aliphatic carbocycles. The smallest absolute Gasteiger partial charge is 0.243 e. The van der Waals surface area contributed by atoms with Crippen LogP contribution in [-0.2, 0) is 21.4 Å². The van der Waals surface area contributed by atoms with Crippen molar-refractivity contribution in [3.63, 3.8) is 0 Å². The number of hydrogen-bond donors (Lipinski definition) is 1. The van der Waals surface area contributed by atoms with Crippen molar-refractivity contribution in [1.29, 1.82) is 0 Å². The largest absolute Gasteiger partial charge is 0.497 e. The summed E-state index contributed by atoms with van der Waals surface area (Å²) in [5.74, 6) is 0.935. The fraction of sp³-hybridized carbons (Fsp3) is 0.458. The lowest BCUT2D eigenvalue weighted by atomic mass is 9.82. The molecule has 0 aromatic heterocycles. The Morgan fingerprint density at radius 3 is 2.55 bits per heavy atom. The number of carbonyl (C=O) groups excluding carboxylic acids is 1. The summed E-state index contributed by atoms with van der Waals surface area (Å²) in [5, 5.41) is 2.98. The first-order chi connectivity index (χ1) is 14.7. The summed E-state index contributed by atoms with van der Waals surface area (Å²) in [6.45, 7) is 6.96. The van der Waals surface area contributed by atoms with Gasteiger partial charge in [0.15, 0.2) is 0 Å². The molecule has 1 N–H and O–H groups in total. The van der Waals surface area contributed by atoms with Crippen molar-refractivity contribution < 1.29 is 17.9 Å². The Labute approximate surface area is 185 Å². The summed E-state index contributed by atoms with van der Waals surface area (Å²) in [6, 6.07) is 14.6. The molecular formula is C24H32N2O4S. The second-order valence-electron chi connectivity index (χ2n) is 8.76. The molecule has 1 heterocycles. The van der Waals surface area contributed by atoms with Gasteiger partial charge in [0, 0.05) is 19.6 Å². The van der Waals surface area contributed by atoms with Gasteiger partial charge < -0.3 is 10.1 Å². The number of nitrogens with zero attached hydrogens (tertiary/aromatic N) is 1. The molecule has 1 saturated heterocycles. The number of ether oxygens (including phenoxy) is 1. The third kappa shape index (κ3) is 5.28. The van der Waals surface area contributed by atoms with Gasteiger partial charge in [-0.3, -0.25) is 4.79 Å². The highest BCUT2D eigenvalue weighted by Gasteiger charge is 2.41. The van der Waals surface area contributed by atoms with E-state index in [1.54, 1.807) is 19.2 Å². The van der Waals surface area contributed by atoms with E-state index in [-0.39, 0.29) is 17.3 Å². The van der Waals surface area contributed by atoms with E-state index in [1.807, 2.05) is 43.3 Å². The van der Waals surface area contributed by atoms with Crippen LogP contribution in [0.5, 0.6) is 5.75 Å². The van der Waals surface area contributed by atoms with E-state index in [1.165, 1.54) is 4.31 Å². The molecule has 2 aromatic rings. The molecule has 6 nitrogen and oxygen atoms in total. The lowest BCUT2D eigenvalue weighted by molar-refractivity contribution is -0.132. The fourth-order valence-electron chi connectivity index (χ4n) is 3.94. The number of carbonyl (C=O) groups is 1. The molecule has 0 spiro atoms. The second kappa shape index (κ2) is 9.40. The zero-order valence-electron chi connectivity index (χ0n) is 18.7. The number of amides is 1. The summed E-state index contributed by atoms with van der Waals surface area (Å²) in [7, 11) is -2.05. The Kier molecular flexibility index (Phi) is 7.06. The molecule has 0 unspecified atom stereocenters. The zero-order valence-corrected chi connectivity index (χ0v) is 19.5. The number of hydrogen-bond acceptors (Lipinski definition) is 4. The molecule has 168 valence electrons. The standard InChI is InChI=1S/C24H32N2O4S/c1-18(2)20-9-11-22(12-10-20)31(28,29)26-14-6-13-24(3,17-26)23(27)25-16-19-7-5-8-21(15-19)30-4/h5,7-12,15,18H,6,13-14,16-17H2,1-4H3,(H,25,27)/t24-/m1/s1. The van der Waals surface area contributed by atoms with Gasteiger partial charge in [0.05, 0.1) is 17.4 Å². The van der Waals surface area contributed by atoms with Crippen LogP contribution in [-0.4, -0.2) is 38.8 Å². The number of sulfonamides is 1. The molecule has 1 fully saturated rings. The third-order valence-corrected chi connectivity index (χ3v) is 7.84. The van der Waals surface area contributed by atoms with E-state index in [0.717, 1.165) is 16.9 Å². The van der Waals surface area contributed by atoms with E-state index >= 15 is 0 Å². The van der Waals surface area contributed by atoms with Gasteiger partial charge in [0.2, 0.25) is 15.9 Å². The fourth-order valence-corrected chi connectivity index (χ4v) is 5.54. The molecule has 0 bridgehead atoms. The lowest BCUT2D eigenvalue weighted by Gasteiger charge is -2.38. The molecule has 0 saturated carbocycles. The minimum Gasteiger partial charge on any atom is -0.497 e. The molecule has 3 rings (SSSR count). The maximum absolute atomic E-state index is 13.2. The summed E-state index contributed by atoms with van der Waals surface area (Å²) < 4.78 is 33.1. The molecule has 1 amide bonds. The maximum atomic E-state index is 13.2. The molecule has 1 aliphatic rings. The van der Waals surface area contributed by atoms with Gasteiger partial charge in [-0.15, -0.1) is 0 Å². The van der Waals surface area contributed by atoms with Gasteiger partial charge in [-0.1, -0.05) is 38.1 Å². The van der Waals surface area contributed by atoms with Crippen molar-refractivity contribution in [2.45, 2.75) is 51.0 Å². The quantitative estimate of drug-likeness (QED) is 0.702. The SMILES string of the molecule is COc1cccc(CNC(=O)[C@]2(C)CCCN(S(=O)(=O)c3ccc(C(C)C)cc3)C2)c1. The average Bonchev–Trinajstić information content (AvgIpc) is 2.77. The van der Waals surface area contributed by atoms with Crippen LogP contribution in [0.15, 0.2) is 53.4 Å². The van der Waals surface area contributed by atoms with E-state index in [4.69, 9.17) is 4.74 Å². The Balaban J connectivity index is 1.70. The van der Waals surface area contributed by atoms with Crippen LogP contribution in [0.25, 0.3) is 0 Å². The van der Waals surface area contributed by atoms with Gasteiger partial charge in [0.25, 0.3) is 0 Å². The minimum atomic E-state index is -3.65. The van der Waals surface area contributed by atoms with Crippen LogP contribution in [0.4, 0.5) is 0 Å². The first kappa shape index (κ1) is 23.3. The topological polar surface area (TPSA) is 75.7 Å².